The normalized spacial score (nSPS) is 13.2. The van der Waals surface area contributed by atoms with E-state index < -0.39 is 0 Å². The fourth-order valence-corrected chi connectivity index (χ4v) is 1.50. The van der Waals surface area contributed by atoms with Gasteiger partial charge in [0, 0.05) is 5.75 Å². The monoisotopic (exact) mass is 250 g/mol. The van der Waals surface area contributed by atoms with E-state index >= 15 is 0 Å². The topological polar surface area (TPSA) is 38.4 Å². The number of halogens is 1. The van der Waals surface area contributed by atoms with Gasteiger partial charge in [-0.2, -0.15) is 0 Å². The Hall–Kier alpha value is 0.0400. The van der Waals surface area contributed by atoms with E-state index in [4.69, 9.17) is 5.73 Å². The van der Waals surface area contributed by atoms with E-state index in [0.717, 1.165) is 10.2 Å². The van der Waals surface area contributed by atoms with E-state index in [1.54, 1.807) is 0 Å². The molecule has 0 spiro atoms. The second-order valence-corrected chi connectivity index (χ2v) is 5.54. The highest BCUT2D eigenvalue weighted by Gasteiger charge is 2.07. The number of nitrogens with two attached hydrogens (primary N) is 1. The zero-order valence-electron chi connectivity index (χ0n) is 7.72. The molecule has 0 aliphatic heterocycles. The average Bonchev–Trinajstić information content (AvgIpc) is 1.79. The molecule has 70 valence electrons. The van der Waals surface area contributed by atoms with Crippen molar-refractivity contribution in [2.45, 2.75) is 26.3 Å². The molecule has 0 aromatic carbocycles. The van der Waals surface area contributed by atoms with Crippen LogP contribution in [0.3, 0.4) is 0 Å². The summed E-state index contributed by atoms with van der Waals surface area (Å²) in [7, 11) is 0. The maximum Gasteiger partial charge on any atom is 0.154 e. The Kier molecular flexibility index (Phi) is 4.94. The minimum Gasteiger partial charge on any atom is -0.379 e. The van der Waals surface area contributed by atoms with Gasteiger partial charge in [0.1, 0.15) is 0 Å². The Balaban J connectivity index is 3.95. The van der Waals surface area contributed by atoms with Crippen molar-refractivity contribution in [3.05, 3.63) is 11.1 Å². The zero-order chi connectivity index (χ0) is 9.78. The number of thioether (sulfide) groups is 1. The molecule has 4 heteroatoms. The van der Waals surface area contributed by atoms with Gasteiger partial charge in [-0.25, -0.2) is 0 Å². The van der Waals surface area contributed by atoms with Crippen molar-refractivity contribution in [1.29, 1.82) is 0 Å². The highest BCUT2D eigenvalue weighted by molar-refractivity contribution is 9.11. The molecule has 0 aromatic rings. The van der Waals surface area contributed by atoms with Crippen molar-refractivity contribution in [2.75, 3.05) is 5.75 Å². The molecule has 0 amide bonds. The van der Waals surface area contributed by atoms with Crippen molar-refractivity contribution >= 4 is 32.9 Å². The van der Waals surface area contributed by atoms with Gasteiger partial charge < -0.3 is 5.73 Å². The summed E-state index contributed by atoms with van der Waals surface area (Å²) in [6.45, 7) is 9.76. The van der Waals surface area contributed by atoms with Crippen molar-refractivity contribution in [1.82, 2.24) is 0 Å². The molecule has 0 fully saturated rings. The molecule has 0 radical (unpaired) electrons. The molecule has 0 rings (SSSR count). The Bertz CT molecular complexity index is 194. The van der Waals surface area contributed by atoms with Crippen LogP contribution in [0.25, 0.3) is 0 Å². The first-order valence-corrected chi connectivity index (χ1v) is 5.40. The minimum atomic E-state index is -0.0925. The van der Waals surface area contributed by atoms with Gasteiger partial charge in [0.2, 0.25) is 0 Å². The van der Waals surface area contributed by atoms with Crippen LogP contribution in [-0.2, 0) is 0 Å². The molecule has 0 unspecified atom stereocenters. The van der Waals surface area contributed by atoms with Gasteiger partial charge >= 0.3 is 0 Å². The highest BCUT2D eigenvalue weighted by Crippen LogP contribution is 2.14. The standard InChI is InChI=1S/C8H15BrN2S/c1-6(9)5-12-7(10)11-8(2,3)4/h1,5H2,2-4H3,(H2,10,11). The fourth-order valence-electron chi connectivity index (χ4n) is 0.515. The molecule has 0 heterocycles. The predicted molar refractivity (Wildman–Crippen MR) is 61.9 cm³/mol. The van der Waals surface area contributed by atoms with E-state index in [1.165, 1.54) is 11.8 Å². The fraction of sp³-hybridized carbons (Fsp3) is 0.625. The van der Waals surface area contributed by atoms with Crippen LogP contribution in [0.15, 0.2) is 16.1 Å². The lowest BCUT2D eigenvalue weighted by molar-refractivity contribution is 0.585. The van der Waals surface area contributed by atoms with Gasteiger partial charge in [-0.3, -0.25) is 4.99 Å². The number of hydrogen-bond donors (Lipinski definition) is 1. The molecule has 0 bridgehead atoms. The van der Waals surface area contributed by atoms with Gasteiger partial charge in [-0.15, -0.1) is 0 Å². The maximum absolute atomic E-state index is 5.66. The van der Waals surface area contributed by atoms with Crippen molar-refractivity contribution in [3.8, 4) is 0 Å². The van der Waals surface area contributed by atoms with Crippen molar-refractivity contribution < 1.29 is 0 Å². The molecule has 0 atom stereocenters. The van der Waals surface area contributed by atoms with Gasteiger partial charge in [0.25, 0.3) is 0 Å². The molecule has 0 aliphatic rings. The van der Waals surface area contributed by atoms with Crippen molar-refractivity contribution in [2.24, 2.45) is 10.7 Å². The third-order valence-electron chi connectivity index (χ3n) is 0.822. The lowest BCUT2D eigenvalue weighted by Crippen LogP contribution is -2.18. The number of hydrogen-bond acceptors (Lipinski definition) is 2. The van der Waals surface area contributed by atoms with E-state index in [1.807, 2.05) is 20.8 Å². The number of rotatable bonds is 2. The quantitative estimate of drug-likeness (QED) is 0.605. The van der Waals surface area contributed by atoms with E-state index in [2.05, 4.69) is 27.5 Å². The summed E-state index contributed by atoms with van der Waals surface area (Å²) in [6, 6.07) is 0. The van der Waals surface area contributed by atoms with Gasteiger partial charge in [-0.05, 0) is 25.3 Å². The van der Waals surface area contributed by atoms with Crippen LogP contribution < -0.4 is 5.73 Å². The summed E-state index contributed by atoms with van der Waals surface area (Å²) >= 11 is 4.75. The van der Waals surface area contributed by atoms with Crippen LogP contribution in [-0.4, -0.2) is 16.5 Å². The maximum atomic E-state index is 5.66. The molecule has 0 saturated carbocycles. The van der Waals surface area contributed by atoms with E-state index in [9.17, 15) is 0 Å². The summed E-state index contributed by atoms with van der Waals surface area (Å²) in [6.07, 6.45) is 0. The third-order valence-corrected chi connectivity index (χ3v) is 2.35. The third kappa shape index (κ3) is 8.14. The minimum absolute atomic E-state index is 0.0925. The van der Waals surface area contributed by atoms with Crippen molar-refractivity contribution in [3.63, 3.8) is 0 Å². The van der Waals surface area contributed by atoms with Crippen LogP contribution in [0.5, 0.6) is 0 Å². The highest BCUT2D eigenvalue weighted by atomic mass is 79.9. The predicted octanol–water partition coefficient (Wildman–Crippen LogP) is 2.74. The summed E-state index contributed by atoms with van der Waals surface area (Å²) in [5, 5.41) is 0.614. The number of nitrogens with zero attached hydrogens (tertiary/aromatic N) is 1. The summed E-state index contributed by atoms with van der Waals surface area (Å²) in [5.74, 6) is 0.769. The first-order valence-electron chi connectivity index (χ1n) is 3.62. The second kappa shape index (κ2) is 4.92. The van der Waals surface area contributed by atoms with Crippen LogP contribution in [0.2, 0.25) is 0 Å². The van der Waals surface area contributed by atoms with E-state index in [-0.39, 0.29) is 5.54 Å². The smallest absolute Gasteiger partial charge is 0.154 e. The number of amidine groups is 1. The molecule has 2 nitrogen and oxygen atoms in total. The number of aliphatic imine (C=N–C) groups is 1. The molecule has 0 aromatic heterocycles. The van der Waals surface area contributed by atoms with Gasteiger partial charge in [-0.1, -0.05) is 34.3 Å². The summed E-state index contributed by atoms with van der Waals surface area (Å²) in [4.78, 5) is 4.28. The Labute approximate surface area is 86.8 Å². The molecule has 2 N–H and O–H groups in total. The second-order valence-electron chi connectivity index (χ2n) is 3.43. The van der Waals surface area contributed by atoms with Gasteiger partial charge in [0.15, 0.2) is 5.17 Å². The SMILES string of the molecule is C=C(Br)CSC(N)=NC(C)(C)C. The first-order chi connectivity index (χ1) is 5.31. The van der Waals surface area contributed by atoms with Crippen LogP contribution in [0, 0.1) is 0 Å². The molecule has 0 saturated heterocycles. The molecular formula is C8H15BrN2S. The molecular weight excluding hydrogens is 236 g/mol. The Morgan fingerprint density at radius 2 is 2.08 bits per heavy atom. The lowest BCUT2D eigenvalue weighted by Gasteiger charge is -2.12. The van der Waals surface area contributed by atoms with Crippen LogP contribution in [0.4, 0.5) is 0 Å². The summed E-state index contributed by atoms with van der Waals surface area (Å²) < 4.78 is 0.930. The summed E-state index contributed by atoms with van der Waals surface area (Å²) in [5.41, 5.74) is 5.57. The van der Waals surface area contributed by atoms with Crippen LogP contribution >= 0.6 is 27.7 Å². The van der Waals surface area contributed by atoms with E-state index in [0.29, 0.717) is 5.17 Å². The lowest BCUT2D eigenvalue weighted by atomic mass is 10.1. The Morgan fingerprint density at radius 1 is 1.58 bits per heavy atom. The zero-order valence-corrected chi connectivity index (χ0v) is 10.1. The largest absolute Gasteiger partial charge is 0.379 e. The van der Waals surface area contributed by atoms with Gasteiger partial charge in [0.05, 0.1) is 5.54 Å². The molecule has 12 heavy (non-hydrogen) atoms. The average molecular weight is 251 g/mol. The Morgan fingerprint density at radius 3 is 2.42 bits per heavy atom. The first kappa shape index (κ1) is 12.0. The molecule has 0 aliphatic carbocycles. The van der Waals surface area contributed by atoms with Crippen LogP contribution in [0.1, 0.15) is 20.8 Å².